The van der Waals surface area contributed by atoms with Crippen molar-refractivity contribution in [3.8, 4) is 17.3 Å². The maximum atomic E-state index is 6.72. The van der Waals surface area contributed by atoms with Crippen molar-refractivity contribution in [3.63, 3.8) is 0 Å². The zero-order chi connectivity index (χ0) is 43.8. The summed E-state index contributed by atoms with van der Waals surface area (Å²) in [6.45, 7) is 27.1. The van der Waals surface area contributed by atoms with Gasteiger partial charge in [0.2, 0.25) is 0 Å². The molecule has 0 unspecified atom stereocenters. The van der Waals surface area contributed by atoms with Crippen molar-refractivity contribution in [2.45, 2.75) is 97.8 Å². The minimum atomic E-state index is -0.217. The minimum Gasteiger partial charge on any atom is -0.509 e. The number of rotatable bonds is 7. The Morgan fingerprint density at radius 2 is 1.16 bits per heavy atom. The number of benzene rings is 6. The molecule has 0 saturated heterocycles. The van der Waals surface area contributed by atoms with E-state index in [1.807, 2.05) is 24.4 Å². The molecule has 1 aliphatic heterocycles. The Morgan fingerprint density at radius 1 is 0.516 bits per heavy atom. The number of aromatic nitrogens is 2. The molecule has 3 heterocycles. The molecule has 0 spiro atoms. The van der Waals surface area contributed by atoms with Gasteiger partial charge in [-0.05, 0) is 91.9 Å². The summed E-state index contributed by atoms with van der Waals surface area (Å²) in [6, 6.07) is 55.2. The first-order valence-corrected chi connectivity index (χ1v) is 21.8. The number of hydrogen-bond donors (Lipinski definition) is 0. The molecule has 0 radical (unpaired) electrons. The Hall–Kier alpha value is -5.64. The maximum absolute atomic E-state index is 6.72. The predicted octanol–water partition coefficient (Wildman–Crippen LogP) is 15.6. The van der Waals surface area contributed by atoms with Gasteiger partial charge in [-0.3, -0.25) is 0 Å². The van der Waals surface area contributed by atoms with Gasteiger partial charge in [0, 0.05) is 45.7 Å². The molecule has 8 aromatic rings. The summed E-state index contributed by atoms with van der Waals surface area (Å²) in [4.78, 5) is 9.45. The second-order valence-corrected chi connectivity index (χ2v) is 20.4. The van der Waals surface area contributed by atoms with Gasteiger partial charge in [0.25, 0.3) is 0 Å². The standard InChI is InChI=1S/C57H57N4O.CH3.Pt/c1-54(2,3)39-19-15-20-43(31-39)59-37-60(52-33-42(24-28-50(52)59)57(10,11)38-17-13-12-14-18-38)44-21-16-22-45(35-44)62-46-25-26-47-48-32-40(55(4,5)6)23-27-49(48)61(51(47)36-46)53-34-41(29-30-58-53)56(7,8)9;;/h12-34,37H,1-11H3;1H3;/q-3;-1;+4. The number of fused-ring (bicyclic) bond motifs is 4. The molecule has 0 amide bonds. The third-order valence-corrected chi connectivity index (χ3v) is 12.5. The fraction of sp³-hybridized carbons (Fsp3) is 0.259. The van der Waals surface area contributed by atoms with Crippen molar-refractivity contribution < 1.29 is 25.8 Å². The SMILES string of the molecule is CC(C)(C)c1cccc(N2[CH-]N(c3[c-]c(Oc4[c-]c5c(cc4)c4cc(C(C)(C)C)ccc4n5-c4cc(C(C)(C)C)ccn4)ccc3)c3cc(C(C)(C)c4ccccc4)ccc32)c1.[CH3-].[Pt+4]. The second kappa shape index (κ2) is 17.1. The summed E-state index contributed by atoms with van der Waals surface area (Å²) >= 11 is 0. The van der Waals surface area contributed by atoms with Crippen molar-refractivity contribution >= 4 is 44.6 Å². The van der Waals surface area contributed by atoms with Gasteiger partial charge < -0.3 is 26.5 Å². The second-order valence-electron chi connectivity index (χ2n) is 20.4. The molecule has 0 fully saturated rings. The first kappa shape index (κ1) is 46.4. The first-order chi connectivity index (χ1) is 29.4. The molecule has 6 heteroatoms. The van der Waals surface area contributed by atoms with Crippen molar-refractivity contribution in [1.29, 1.82) is 0 Å². The molecule has 0 atom stereocenters. The number of ether oxygens (including phenoxy) is 1. The summed E-state index contributed by atoms with van der Waals surface area (Å²) < 4.78 is 8.95. The van der Waals surface area contributed by atoms with E-state index >= 15 is 0 Å². The molecular weight excluding hydrogens is 964 g/mol. The molecule has 0 aliphatic carbocycles. The van der Waals surface area contributed by atoms with Gasteiger partial charge in [-0.2, -0.15) is 12.1 Å². The van der Waals surface area contributed by atoms with Crippen LogP contribution in [0.1, 0.15) is 104 Å². The van der Waals surface area contributed by atoms with E-state index in [1.165, 1.54) is 33.2 Å². The van der Waals surface area contributed by atoms with Gasteiger partial charge in [0.15, 0.2) is 0 Å². The Kier molecular flexibility index (Phi) is 12.4. The quantitative estimate of drug-likeness (QED) is 0.149. The van der Waals surface area contributed by atoms with E-state index in [0.29, 0.717) is 11.5 Å². The number of nitrogens with zero attached hydrogens (tertiary/aromatic N) is 4. The Labute approximate surface area is 396 Å². The smallest absolute Gasteiger partial charge is 0.509 e. The molecule has 6 aromatic carbocycles. The number of anilines is 4. The van der Waals surface area contributed by atoms with Crippen molar-refractivity contribution in [3.05, 3.63) is 194 Å². The monoisotopic (exact) mass is 1020 g/mol. The molecule has 0 N–H and O–H groups in total. The van der Waals surface area contributed by atoms with Crippen LogP contribution in [0.4, 0.5) is 22.7 Å². The molecule has 9 rings (SSSR count). The van der Waals surface area contributed by atoms with Crippen LogP contribution in [0, 0.1) is 26.2 Å². The summed E-state index contributed by atoms with van der Waals surface area (Å²) in [5.41, 5.74) is 12.2. The van der Waals surface area contributed by atoms with E-state index in [4.69, 9.17) is 9.72 Å². The average molecular weight is 1020 g/mol. The van der Waals surface area contributed by atoms with Gasteiger partial charge in [0.1, 0.15) is 5.82 Å². The maximum Gasteiger partial charge on any atom is 4.00 e. The molecule has 1 aliphatic rings. The fourth-order valence-electron chi connectivity index (χ4n) is 8.54. The summed E-state index contributed by atoms with van der Waals surface area (Å²) in [5.74, 6) is 2.07. The largest absolute Gasteiger partial charge is 4.00 e. The van der Waals surface area contributed by atoms with E-state index in [0.717, 1.165) is 45.0 Å². The third kappa shape index (κ3) is 8.64. The first-order valence-electron chi connectivity index (χ1n) is 21.8. The van der Waals surface area contributed by atoms with Crippen molar-refractivity contribution in [1.82, 2.24) is 9.55 Å². The van der Waals surface area contributed by atoms with Crippen molar-refractivity contribution in [2.24, 2.45) is 0 Å². The molecule has 328 valence electrons. The summed E-state index contributed by atoms with van der Waals surface area (Å²) in [5, 5.41) is 2.27. The molecule has 0 saturated carbocycles. The Morgan fingerprint density at radius 3 is 1.88 bits per heavy atom. The van der Waals surface area contributed by atoms with Crippen molar-refractivity contribution in [2.75, 3.05) is 9.80 Å². The zero-order valence-electron chi connectivity index (χ0n) is 39.4. The van der Waals surface area contributed by atoms with Crippen LogP contribution in [0.5, 0.6) is 11.5 Å². The van der Waals surface area contributed by atoms with E-state index in [-0.39, 0.29) is 50.2 Å². The van der Waals surface area contributed by atoms with Gasteiger partial charge in [-0.25, -0.2) is 4.98 Å². The zero-order valence-corrected chi connectivity index (χ0v) is 41.6. The minimum absolute atomic E-state index is 0. The van der Waals surface area contributed by atoms with Crippen LogP contribution < -0.4 is 14.5 Å². The van der Waals surface area contributed by atoms with Crippen LogP contribution >= 0.6 is 0 Å². The van der Waals surface area contributed by atoms with Crippen LogP contribution in [-0.2, 0) is 42.7 Å². The van der Waals surface area contributed by atoms with Gasteiger partial charge >= 0.3 is 21.1 Å². The molecule has 5 nitrogen and oxygen atoms in total. The van der Waals surface area contributed by atoms with Gasteiger partial charge in [0.05, 0.1) is 0 Å². The number of pyridine rings is 1. The molecule has 64 heavy (non-hydrogen) atoms. The summed E-state index contributed by atoms with van der Waals surface area (Å²) in [7, 11) is 0. The van der Waals surface area contributed by atoms with Crippen LogP contribution in [0.3, 0.4) is 0 Å². The summed E-state index contributed by atoms with van der Waals surface area (Å²) in [6.07, 6.45) is 1.92. The average Bonchev–Trinajstić information content (AvgIpc) is 3.78. The van der Waals surface area contributed by atoms with Crippen LogP contribution in [0.2, 0.25) is 0 Å². The molecule has 0 bridgehead atoms. The Balaban J connectivity index is 0.00000306. The van der Waals surface area contributed by atoms with Crippen LogP contribution in [0.25, 0.3) is 27.6 Å². The van der Waals surface area contributed by atoms with Gasteiger partial charge in [-0.15, -0.1) is 48.1 Å². The predicted molar refractivity (Wildman–Crippen MR) is 265 cm³/mol. The number of hydrogen-bond acceptors (Lipinski definition) is 4. The van der Waals surface area contributed by atoms with Gasteiger partial charge in [-0.1, -0.05) is 142 Å². The van der Waals surface area contributed by atoms with E-state index in [9.17, 15) is 0 Å². The van der Waals surface area contributed by atoms with E-state index in [2.05, 4.69) is 225 Å². The Bertz CT molecular complexity index is 2960. The van der Waals surface area contributed by atoms with E-state index < -0.39 is 0 Å². The molecular formula is C58H60N4OPt. The fourth-order valence-corrected chi connectivity index (χ4v) is 8.54. The normalized spacial score (nSPS) is 13.2. The van der Waals surface area contributed by atoms with E-state index in [1.54, 1.807) is 0 Å². The molecule has 2 aromatic heterocycles. The third-order valence-electron chi connectivity index (χ3n) is 12.5. The topological polar surface area (TPSA) is 33.5 Å². The van der Waals surface area contributed by atoms with Crippen LogP contribution in [0.15, 0.2) is 140 Å². The van der Waals surface area contributed by atoms with Crippen LogP contribution in [-0.4, -0.2) is 9.55 Å².